The third-order valence-corrected chi connectivity index (χ3v) is 3.12. The van der Waals surface area contributed by atoms with Crippen molar-refractivity contribution in [2.45, 2.75) is 19.9 Å². The van der Waals surface area contributed by atoms with Crippen molar-refractivity contribution in [1.29, 1.82) is 0 Å². The highest BCUT2D eigenvalue weighted by molar-refractivity contribution is 5.35. The first-order valence-corrected chi connectivity index (χ1v) is 6.38. The fourth-order valence-electron chi connectivity index (χ4n) is 1.98. The van der Waals surface area contributed by atoms with E-state index in [2.05, 4.69) is 0 Å². The number of aryl methyl sites for hydroxylation is 2. The number of hydrogen-bond acceptors (Lipinski definition) is 2. The van der Waals surface area contributed by atoms with Gasteiger partial charge >= 0.3 is 0 Å². The summed E-state index contributed by atoms with van der Waals surface area (Å²) >= 11 is 0. The zero-order valence-corrected chi connectivity index (χ0v) is 11.5. The Labute approximate surface area is 117 Å². The lowest BCUT2D eigenvalue weighted by molar-refractivity contribution is 0.288. The van der Waals surface area contributed by atoms with Gasteiger partial charge < -0.3 is 10.5 Å². The minimum Gasteiger partial charge on any atom is -0.491 e. The SMILES string of the molecule is Cc1ccc(OCC(N)c2ccc(F)c(F)c2)c(C)c1. The van der Waals surface area contributed by atoms with E-state index in [1.807, 2.05) is 32.0 Å². The van der Waals surface area contributed by atoms with Crippen molar-refractivity contribution in [2.24, 2.45) is 5.73 Å². The summed E-state index contributed by atoms with van der Waals surface area (Å²) < 4.78 is 31.6. The average molecular weight is 277 g/mol. The molecular weight excluding hydrogens is 260 g/mol. The Hall–Kier alpha value is -1.94. The molecule has 2 aromatic rings. The molecule has 4 heteroatoms. The molecule has 1 atom stereocenters. The van der Waals surface area contributed by atoms with E-state index in [1.165, 1.54) is 6.07 Å². The van der Waals surface area contributed by atoms with E-state index in [-0.39, 0.29) is 6.61 Å². The van der Waals surface area contributed by atoms with Gasteiger partial charge in [0.25, 0.3) is 0 Å². The molecule has 0 spiro atoms. The summed E-state index contributed by atoms with van der Waals surface area (Å²) in [5, 5.41) is 0. The van der Waals surface area contributed by atoms with Crippen molar-refractivity contribution in [2.75, 3.05) is 6.61 Å². The van der Waals surface area contributed by atoms with Gasteiger partial charge in [0.15, 0.2) is 11.6 Å². The van der Waals surface area contributed by atoms with Crippen molar-refractivity contribution in [3.63, 3.8) is 0 Å². The summed E-state index contributed by atoms with van der Waals surface area (Å²) in [4.78, 5) is 0. The monoisotopic (exact) mass is 277 g/mol. The van der Waals surface area contributed by atoms with Crippen molar-refractivity contribution in [3.8, 4) is 5.75 Å². The topological polar surface area (TPSA) is 35.2 Å². The third kappa shape index (κ3) is 3.33. The molecule has 106 valence electrons. The van der Waals surface area contributed by atoms with Gasteiger partial charge in [-0.15, -0.1) is 0 Å². The molecule has 2 N–H and O–H groups in total. The highest BCUT2D eigenvalue weighted by atomic mass is 19.2. The number of ether oxygens (including phenoxy) is 1. The number of benzene rings is 2. The standard InChI is InChI=1S/C16H17F2NO/c1-10-3-6-16(11(2)7-10)20-9-15(19)12-4-5-13(17)14(18)8-12/h3-8,15H,9,19H2,1-2H3. The Kier molecular flexibility index (Phi) is 4.35. The van der Waals surface area contributed by atoms with E-state index in [0.717, 1.165) is 29.0 Å². The molecule has 20 heavy (non-hydrogen) atoms. The second-order valence-corrected chi connectivity index (χ2v) is 4.86. The van der Waals surface area contributed by atoms with Crippen LogP contribution in [0.4, 0.5) is 8.78 Å². The Morgan fingerprint density at radius 1 is 1.05 bits per heavy atom. The van der Waals surface area contributed by atoms with Crippen LogP contribution in [0.25, 0.3) is 0 Å². The fourth-order valence-corrected chi connectivity index (χ4v) is 1.98. The third-order valence-electron chi connectivity index (χ3n) is 3.12. The molecule has 1 unspecified atom stereocenters. The molecule has 2 nitrogen and oxygen atoms in total. The highest BCUT2D eigenvalue weighted by Crippen LogP contribution is 2.21. The quantitative estimate of drug-likeness (QED) is 0.925. The summed E-state index contributed by atoms with van der Waals surface area (Å²) in [6, 6.07) is 8.97. The van der Waals surface area contributed by atoms with Crippen LogP contribution in [0.2, 0.25) is 0 Å². The van der Waals surface area contributed by atoms with Crippen LogP contribution < -0.4 is 10.5 Å². The molecule has 0 amide bonds. The number of hydrogen-bond donors (Lipinski definition) is 1. The molecule has 0 aliphatic rings. The molecule has 0 radical (unpaired) electrons. The maximum absolute atomic E-state index is 13.1. The zero-order chi connectivity index (χ0) is 14.7. The van der Waals surface area contributed by atoms with Gasteiger partial charge in [-0.1, -0.05) is 23.8 Å². The van der Waals surface area contributed by atoms with E-state index in [0.29, 0.717) is 5.56 Å². The molecule has 2 rings (SSSR count). The largest absolute Gasteiger partial charge is 0.491 e. The number of rotatable bonds is 4. The van der Waals surface area contributed by atoms with E-state index in [1.54, 1.807) is 0 Å². The van der Waals surface area contributed by atoms with Crippen molar-refractivity contribution in [3.05, 3.63) is 64.7 Å². The van der Waals surface area contributed by atoms with Gasteiger partial charge in [-0.05, 0) is 43.2 Å². The van der Waals surface area contributed by atoms with E-state index >= 15 is 0 Å². The predicted octanol–water partition coefficient (Wildman–Crippen LogP) is 3.66. The lowest BCUT2D eigenvalue weighted by Crippen LogP contribution is -2.19. The van der Waals surface area contributed by atoms with Crippen LogP contribution in [0.1, 0.15) is 22.7 Å². The molecule has 0 aromatic heterocycles. The molecule has 0 heterocycles. The van der Waals surface area contributed by atoms with Crippen LogP contribution in [0.3, 0.4) is 0 Å². The van der Waals surface area contributed by atoms with Crippen LogP contribution >= 0.6 is 0 Å². The first-order chi connectivity index (χ1) is 9.47. The summed E-state index contributed by atoms with van der Waals surface area (Å²) in [7, 11) is 0. The van der Waals surface area contributed by atoms with Crippen LogP contribution in [-0.4, -0.2) is 6.61 Å². The summed E-state index contributed by atoms with van der Waals surface area (Å²) in [5.74, 6) is -1.03. The lowest BCUT2D eigenvalue weighted by Gasteiger charge is -2.15. The average Bonchev–Trinajstić information content (AvgIpc) is 2.40. The van der Waals surface area contributed by atoms with Gasteiger partial charge in [0, 0.05) is 0 Å². The minimum atomic E-state index is -0.899. The van der Waals surface area contributed by atoms with Crippen LogP contribution in [0.5, 0.6) is 5.75 Å². The van der Waals surface area contributed by atoms with E-state index < -0.39 is 17.7 Å². The number of nitrogens with two attached hydrogens (primary N) is 1. The van der Waals surface area contributed by atoms with Gasteiger partial charge in [-0.2, -0.15) is 0 Å². The van der Waals surface area contributed by atoms with Gasteiger partial charge in [0.2, 0.25) is 0 Å². The predicted molar refractivity (Wildman–Crippen MR) is 74.7 cm³/mol. The molecule has 0 saturated carbocycles. The Morgan fingerprint density at radius 2 is 1.80 bits per heavy atom. The van der Waals surface area contributed by atoms with Crippen molar-refractivity contribution in [1.82, 2.24) is 0 Å². The number of halogens is 2. The molecular formula is C16H17F2NO. The van der Waals surface area contributed by atoms with Gasteiger partial charge in [-0.3, -0.25) is 0 Å². The lowest BCUT2D eigenvalue weighted by atomic mass is 10.1. The van der Waals surface area contributed by atoms with Crippen LogP contribution in [0, 0.1) is 25.5 Å². The van der Waals surface area contributed by atoms with Crippen LogP contribution in [-0.2, 0) is 0 Å². The summed E-state index contributed by atoms with van der Waals surface area (Å²) in [5.41, 5.74) is 8.60. The summed E-state index contributed by atoms with van der Waals surface area (Å²) in [6.45, 7) is 4.16. The van der Waals surface area contributed by atoms with Gasteiger partial charge in [-0.25, -0.2) is 8.78 Å². The zero-order valence-electron chi connectivity index (χ0n) is 11.5. The normalized spacial score (nSPS) is 12.2. The van der Waals surface area contributed by atoms with Gasteiger partial charge in [0.1, 0.15) is 12.4 Å². The van der Waals surface area contributed by atoms with Gasteiger partial charge in [0.05, 0.1) is 6.04 Å². The smallest absolute Gasteiger partial charge is 0.159 e. The molecule has 0 aliphatic heterocycles. The van der Waals surface area contributed by atoms with E-state index in [4.69, 9.17) is 10.5 Å². The molecule has 0 aliphatic carbocycles. The van der Waals surface area contributed by atoms with Crippen molar-refractivity contribution < 1.29 is 13.5 Å². The first kappa shape index (κ1) is 14.5. The second-order valence-electron chi connectivity index (χ2n) is 4.86. The Morgan fingerprint density at radius 3 is 2.45 bits per heavy atom. The van der Waals surface area contributed by atoms with Crippen LogP contribution in [0.15, 0.2) is 36.4 Å². The van der Waals surface area contributed by atoms with E-state index in [9.17, 15) is 8.78 Å². The maximum atomic E-state index is 13.1. The maximum Gasteiger partial charge on any atom is 0.159 e. The Bertz CT molecular complexity index is 613. The molecule has 2 aromatic carbocycles. The minimum absolute atomic E-state index is 0.203. The highest BCUT2D eigenvalue weighted by Gasteiger charge is 2.11. The second kappa shape index (κ2) is 6.01. The molecule has 0 bridgehead atoms. The molecule has 0 saturated heterocycles. The fraction of sp³-hybridized carbons (Fsp3) is 0.250. The first-order valence-electron chi connectivity index (χ1n) is 6.38. The summed E-state index contributed by atoms with van der Waals surface area (Å²) in [6.07, 6.45) is 0. The van der Waals surface area contributed by atoms with Crippen molar-refractivity contribution >= 4 is 0 Å². The molecule has 0 fully saturated rings. The Balaban J connectivity index is 2.04.